The summed E-state index contributed by atoms with van der Waals surface area (Å²) < 4.78 is 0. The van der Waals surface area contributed by atoms with Gasteiger partial charge in [0.05, 0.1) is 0 Å². The van der Waals surface area contributed by atoms with Gasteiger partial charge in [-0.15, -0.1) is 0 Å². The molecule has 2 heteroatoms. The quantitative estimate of drug-likeness (QED) is 0.840. The molecule has 0 saturated carbocycles. The SMILES string of the molecule is CCNC(CC)C(C)N1Cc2ccccc2C1. The van der Waals surface area contributed by atoms with Crippen LogP contribution in [0.15, 0.2) is 24.3 Å². The van der Waals surface area contributed by atoms with Crippen LogP contribution in [0.5, 0.6) is 0 Å². The van der Waals surface area contributed by atoms with Crippen molar-refractivity contribution in [2.75, 3.05) is 6.54 Å². The van der Waals surface area contributed by atoms with Gasteiger partial charge in [0.15, 0.2) is 0 Å². The van der Waals surface area contributed by atoms with Crippen LogP contribution in [-0.2, 0) is 13.1 Å². The van der Waals surface area contributed by atoms with Crippen molar-refractivity contribution in [3.63, 3.8) is 0 Å². The number of nitrogens with one attached hydrogen (secondary N) is 1. The highest BCUT2D eigenvalue weighted by molar-refractivity contribution is 5.30. The van der Waals surface area contributed by atoms with Crippen LogP contribution in [0.1, 0.15) is 38.3 Å². The predicted octanol–water partition coefficient (Wildman–Crippen LogP) is 2.78. The summed E-state index contributed by atoms with van der Waals surface area (Å²) in [5.74, 6) is 0. The molecule has 2 atom stereocenters. The molecule has 0 aliphatic carbocycles. The molecule has 0 fully saturated rings. The van der Waals surface area contributed by atoms with Gasteiger partial charge < -0.3 is 5.32 Å². The predicted molar refractivity (Wildman–Crippen MR) is 72.9 cm³/mol. The highest BCUT2D eigenvalue weighted by atomic mass is 15.2. The molecule has 2 nitrogen and oxygen atoms in total. The van der Waals surface area contributed by atoms with E-state index in [0.29, 0.717) is 12.1 Å². The molecule has 94 valence electrons. The number of fused-ring (bicyclic) bond motifs is 1. The maximum atomic E-state index is 3.59. The number of benzene rings is 1. The smallest absolute Gasteiger partial charge is 0.0244 e. The van der Waals surface area contributed by atoms with Gasteiger partial charge in [0.25, 0.3) is 0 Å². The second kappa shape index (κ2) is 5.65. The largest absolute Gasteiger partial charge is 0.313 e. The summed E-state index contributed by atoms with van der Waals surface area (Å²) in [5.41, 5.74) is 3.01. The van der Waals surface area contributed by atoms with Crippen LogP contribution < -0.4 is 5.32 Å². The molecule has 1 aromatic carbocycles. The van der Waals surface area contributed by atoms with Crippen LogP contribution in [0.2, 0.25) is 0 Å². The molecule has 1 aliphatic rings. The fourth-order valence-corrected chi connectivity index (χ4v) is 2.82. The summed E-state index contributed by atoms with van der Waals surface area (Å²) in [7, 11) is 0. The van der Waals surface area contributed by atoms with E-state index < -0.39 is 0 Å². The first kappa shape index (κ1) is 12.6. The Morgan fingerprint density at radius 1 is 1.18 bits per heavy atom. The van der Waals surface area contributed by atoms with Crippen molar-refractivity contribution in [1.82, 2.24) is 10.2 Å². The molecule has 0 radical (unpaired) electrons. The lowest BCUT2D eigenvalue weighted by Crippen LogP contribution is -2.46. The van der Waals surface area contributed by atoms with Gasteiger partial charge >= 0.3 is 0 Å². The molecule has 2 unspecified atom stereocenters. The van der Waals surface area contributed by atoms with Crippen LogP contribution in [0.4, 0.5) is 0 Å². The first-order chi connectivity index (χ1) is 8.26. The van der Waals surface area contributed by atoms with Crippen LogP contribution in [0, 0.1) is 0 Å². The maximum absolute atomic E-state index is 3.59. The Labute approximate surface area is 105 Å². The molecule has 2 rings (SSSR count). The van der Waals surface area contributed by atoms with Crippen molar-refractivity contribution in [2.45, 2.75) is 52.4 Å². The number of rotatable bonds is 5. The minimum atomic E-state index is 0.604. The molecule has 0 spiro atoms. The van der Waals surface area contributed by atoms with Gasteiger partial charge in [0, 0.05) is 25.2 Å². The molecule has 0 amide bonds. The topological polar surface area (TPSA) is 15.3 Å². The van der Waals surface area contributed by atoms with Crippen molar-refractivity contribution in [2.24, 2.45) is 0 Å². The number of likely N-dealkylation sites (N-methyl/N-ethyl adjacent to an activating group) is 1. The van der Waals surface area contributed by atoms with E-state index in [2.05, 4.69) is 55.3 Å². The lowest BCUT2D eigenvalue weighted by Gasteiger charge is -2.31. The third-order valence-corrected chi connectivity index (χ3v) is 3.93. The van der Waals surface area contributed by atoms with Gasteiger partial charge in [0.1, 0.15) is 0 Å². The minimum Gasteiger partial charge on any atom is -0.313 e. The summed E-state index contributed by atoms with van der Waals surface area (Å²) >= 11 is 0. The summed E-state index contributed by atoms with van der Waals surface area (Å²) in [6, 6.07) is 10.0. The van der Waals surface area contributed by atoms with E-state index in [1.165, 1.54) is 17.5 Å². The van der Waals surface area contributed by atoms with Crippen LogP contribution in [0.3, 0.4) is 0 Å². The first-order valence-corrected chi connectivity index (χ1v) is 6.80. The third kappa shape index (κ3) is 2.70. The molecule has 0 saturated heterocycles. The zero-order valence-corrected chi connectivity index (χ0v) is 11.2. The number of hydrogen-bond acceptors (Lipinski definition) is 2. The molecule has 1 heterocycles. The Kier molecular flexibility index (Phi) is 4.19. The molecular weight excluding hydrogens is 208 g/mol. The normalized spacial score (nSPS) is 19.0. The lowest BCUT2D eigenvalue weighted by atomic mass is 10.1. The molecule has 17 heavy (non-hydrogen) atoms. The molecule has 0 bridgehead atoms. The Morgan fingerprint density at radius 3 is 2.24 bits per heavy atom. The summed E-state index contributed by atoms with van der Waals surface area (Å²) in [5, 5.41) is 3.59. The van der Waals surface area contributed by atoms with Gasteiger partial charge in [-0.2, -0.15) is 0 Å². The van der Waals surface area contributed by atoms with Crippen molar-refractivity contribution < 1.29 is 0 Å². The number of nitrogens with zero attached hydrogens (tertiary/aromatic N) is 1. The van der Waals surface area contributed by atoms with E-state index in [-0.39, 0.29) is 0 Å². The van der Waals surface area contributed by atoms with E-state index >= 15 is 0 Å². The zero-order valence-electron chi connectivity index (χ0n) is 11.2. The van der Waals surface area contributed by atoms with Gasteiger partial charge in [-0.25, -0.2) is 0 Å². The van der Waals surface area contributed by atoms with Crippen LogP contribution in [-0.4, -0.2) is 23.5 Å². The second-order valence-electron chi connectivity index (χ2n) is 4.99. The zero-order chi connectivity index (χ0) is 12.3. The average molecular weight is 232 g/mol. The second-order valence-corrected chi connectivity index (χ2v) is 4.99. The van der Waals surface area contributed by atoms with E-state index in [0.717, 1.165) is 19.6 Å². The monoisotopic (exact) mass is 232 g/mol. The van der Waals surface area contributed by atoms with Crippen molar-refractivity contribution in [1.29, 1.82) is 0 Å². The van der Waals surface area contributed by atoms with E-state index in [9.17, 15) is 0 Å². The maximum Gasteiger partial charge on any atom is 0.0244 e. The highest BCUT2D eigenvalue weighted by Crippen LogP contribution is 2.25. The number of hydrogen-bond donors (Lipinski definition) is 1. The van der Waals surface area contributed by atoms with Gasteiger partial charge in [0.2, 0.25) is 0 Å². The fraction of sp³-hybridized carbons (Fsp3) is 0.600. The molecule has 1 aliphatic heterocycles. The Bertz CT molecular complexity index is 337. The highest BCUT2D eigenvalue weighted by Gasteiger charge is 2.26. The average Bonchev–Trinajstić information content (AvgIpc) is 2.78. The van der Waals surface area contributed by atoms with Crippen molar-refractivity contribution in [3.05, 3.63) is 35.4 Å². The Hall–Kier alpha value is -0.860. The van der Waals surface area contributed by atoms with E-state index in [4.69, 9.17) is 0 Å². The Morgan fingerprint density at radius 2 is 1.76 bits per heavy atom. The third-order valence-electron chi connectivity index (χ3n) is 3.93. The Balaban J connectivity index is 2.02. The lowest BCUT2D eigenvalue weighted by molar-refractivity contribution is 0.168. The van der Waals surface area contributed by atoms with Gasteiger partial charge in [-0.3, -0.25) is 4.90 Å². The van der Waals surface area contributed by atoms with Crippen LogP contribution in [0.25, 0.3) is 0 Å². The summed E-state index contributed by atoms with van der Waals surface area (Å²) in [6.45, 7) is 10.1. The van der Waals surface area contributed by atoms with Crippen molar-refractivity contribution >= 4 is 0 Å². The molecule has 0 aromatic heterocycles. The standard InChI is InChI=1S/C15H24N2/c1-4-15(16-5-2)12(3)17-10-13-8-6-7-9-14(13)11-17/h6-9,12,15-16H,4-5,10-11H2,1-3H3. The van der Waals surface area contributed by atoms with Crippen LogP contribution >= 0.6 is 0 Å². The summed E-state index contributed by atoms with van der Waals surface area (Å²) in [6.07, 6.45) is 1.20. The van der Waals surface area contributed by atoms with E-state index in [1.54, 1.807) is 0 Å². The first-order valence-electron chi connectivity index (χ1n) is 6.80. The fourth-order valence-electron chi connectivity index (χ4n) is 2.82. The van der Waals surface area contributed by atoms with Crippen molar-refractivity contribution in [3.8, 4) is 0 Å². The molecule has 1 N–H and O–H groups in total. The van der Waals surface area contributed by atoms with Gasteiger partial charge in [-0.05, 0) is 31.0 Å². The molecule has 1 aromatic rings. The van der Waals surface area contributed by atoms with Gasteiger partial charge in [-0.1, -0.05) is 38.1 Å². The minimum absolute atomic E-state index is 0.604. The summed E-state index contributed by atoms with van der Waals surface area (Å²) in [4.78, 5) is 2.58. The molecular formula is C15H24N2. The van der Waals surface area contributed by atoms with E-state index in [1.807, 2.05) is 0 Å².